The first-order chi connectivity index (χ1) is 11.3. The van der Waals surface area contributed by atoms with Gasteiger partial charge in [-0.3, -0.25) is 9.52 Å². The third-order valence-corrected chi connectivity index (χ3v) is 4.92. The summed E-state index contributed by atoms with van der Waals surface area (Å²) in [4.78, 5) is 12.2. The molecule has 0 atom stereocenters. The highest BCUT2D eigenvalue weighted by atomic mass is 32.2. The summed E-state index contributed by atoms with van der Waals surface area (Å²) in [6.45, 7) is 3.46. The Morgan fingerprint density at radius 3 is 2.42 bits per heavy atom. The normalized spacial score (nSPS) is 11.1. The van der Waals surface area contributed by atoms with Crippen molar-refractivity contribution in [2.75, 3.05) is 15.8 Å². The predicted molar refractivity (Wildman–Crippen MR) is 93.2 cm³/mol. The molecule has 128 valence electrons. The van der Waals surface area contributed by atoms with Gasteiger partial charge in [-0.1, -0.05) is 25.1 Å². The van der Waals surface area contributed by atoms with Crippen LogP contribution in [-0.2, 0) is 10.0 Å². The second-order valence-electron chi connectivity index (χ2n) is 5.33. The van der Waals surface area contributed by atoms with Crippen LogP contribution in [0.4, 0.5) is 15.8 Å². The van der Waals surface area contributed by atoms with Crippen molar-refractivity contribution in [1.82, 2.24) is 0 Å². The Kier molecular flexibility index (Phi) is 5.56. The van der Waals surface area contributed by atoms with Crippen molar-refractivity contribution in [3.63, 3.8) is 0 Å². The van der Waals surface area contributed by atoms with E-state index >= 15 is 0 Å². The first-order valence-electron chi connectivity index (χ1n) is 7.50. The number of halogens is 1. The Balaban J connectivity index is 2.25. The topological polar surface area (TPSA) is 75.3 Å². The smallest absolute Gasteiger partial charge is 0.258 e. The largest absolute Gasteiger partial charge is 0.322 e. The maximum Gasteiger partial charge on any atom is 0.258 e. The zero-order valence-electron chi connectivity index (χ0n) is 13.5. The number of sulfonamides is 1. The summed E-state index contributed by atoms with van der Waals surface area (Å²) in [7, 11) is -3.43. The number of rotatable bonds is 6. The Morgan fingerprint density at radius 1 is 1.08 bits per heavy atom. The number of benzene rings is 2. The van der Waals surface area contributed by atoms with Crippen LogP contribution in [0.1, 0.15) is 29.3 Å². The number of carbonyl (C=O) groups is 1. The molecule has 0 unspecified atom stereocenters. The standard InChI is InChI=1S/C17H19FN2O3S/c1-3-11-24(22,23)20-16-10-6-9-15(12(16)2)19-17(21)13-7-4-5-8-14(13)18/h4-10,20H,3,11H2,1-2H3,(H,19,21). The molecule has 0 radical (unpaired) electrons. The third kappa shape index (κ3) is 4.32. The molecule has 2 rings (SSSR count). The SMILES string of the molecule is CCCS(=O)(=O)Nc1cccc(NC(=O)c2ccccc2F)c1C. The van der Waals surface area contributed by atoms with E-state index in [1.165, 1.54) is 18.2 Å². The van der Waals surface area contributed by atoms with Gasteiger partial charge in [0, 0.05) is 5.69 Å². The summed E-state index contributed by atoms with van der Waals surface area (Å²) < 4.78 is 40.0. The van der Waals surface area contributed by atoms with Crippen molar-refractivity contribution >= 4 is 27.3 Å². The predicted octanol–water partition coefficient (Wildman–Crippen LogP) is 3.54. The fourth-order valence-corrected chi connectivity index (χ4v) is 3.40. The Labute approximate surface area is 141 Å². The summed E-state index contributed by atoms with van der Waals surface area (Å²) in [5.41, 5.74) is 1.28. The van der Waals surface area contributed by atoms with Crippen LogP contribution in [0, 0.1) is 12.7 Å². The lowest BCUT2D eigenvalue weighted by atomic mass is 10.1. The van der Waals surface area contributed by atoms with E-state index in [9.17, 15) is 17.6 Å². The van der Waals surface area contributed by atoms with Crippen molar-refractivity contribution in [2.45, 2.75) is 20.3 Å². The molecule has 5 nitrogen and oxygen atoms in total. The number of carbonyl (C=O) groups excluding carboxylic acids is 1. The van der Waals surface area contributed by atoms with E-state index in [4.69, 9.17) is 0 Å². The molecule has 0 bridgehead atoms. The fraction of sp³-hybridized carbons (Fsp3) is 0.235. The van der Waals surface area contributed by atoms with E-state index in [1.54, 1.807) is 38.1 Å². The highest BCUT2D eigenvalue weighted by Crippen LogP contribution is 2.25. The summed E-state index contributed by atoms with van der Waals surface area (Å²) in [6.07, 6.45) is 0.498. The second kappa shape index (κ2) is 7.44. The van der Waals surface area contributed by atoms with Gasteiger partial charge in [-0.05, 0) is 43.2 Å². The summed E-state index contributed by atoms with van der Waals surface area (Å²) >= 11 is 0. The van der Waals surface area contributed by atoms with Crippen LogP contribution in [0.2, 0.25) is 0 Å². The quantitative estimate of drug-likeness (QED) is 0.837. The molecule has 0 fully saturated rings. The highest BCUT2D eigenvalue weighted by molar-refractivity contribution is 7.92. The van der Waals surface area contributed by atoms with Crippen LogP contribution >= 0.6 is 0 Å². The van der Waals surface area contributed by atoms with Gasteiger partial charge in [-0.15, -0.1) is 0 Å². The molecule has 0 saturated carbocycles. The minimum atomic E-state index is -3.43. The van der Waals surface area contributed by atoms with Crippen LogP contribution in [-0.4, -0.2) is 20.1 Å². The number of hydrogen-bond donors (Lipinski definition) is 2. The van der Waals surface area contributed by atoms with Crippen molar-refractivity contribution in [2.24, 2.45) is 0 Å². The van der Waals surface area contributed by atoms with Crippen molar-refractivity contribution in [1.29, 1.82) is 0 Å². The van der Waals surface area contributed by atoms with E-state index < -0.39 is 21.7 Å². The first-order valence-corrected chi connectivity index (χ1v) is 9.15. The molecular weight excluding hydrogens is 331 g/mol. The van der Waals surface area contributed by atoms with E-state index in [0.717, 1.165) is 0 Å². The molecule has 0 aliphatic heterocycles. The Morgan fingerprint density at radius 2 is 1.75 bits per heavy atom. The molecule has 0 aromatic heterocycles. The highest BCUT2D eigenvalue weighted by Gasteiger charge is 2.15. The van der Waals surface area contributed by atoms with Crippen molar-refractivity contribution in [3.05, 3.63) is 59.4 Å². The zero-order valence-corrected chi connectivity index (χ0v) is 14.3. The van der Waals surface area contributed by atoms with E-state index in [-0.39, 0.29) is 11.3 Å². The van der Waals surface area contributed by atoms with Crippen LogP contribution in [0.5, 0.6) is 0 Å². The van der Waals surface area contributed by atoms with Crippen LogP contribution in [0.3, 0.4) is 0 Å². The fourth-order valence-electron chi connectivity index (χ4n) is 2.20. The van der Waals surface area contributed by atoms with Gasteiger partial charge in [0.2, 0.25) is 10.0 Å². The molecular formula is C17H19FN2O3S. The zero-order chi connectivity index (χ0) is 17.7. The average molecular weight is 350 g/mol. The van der Waals surface area contributed by atoms with Crippen LogP contribution in [0.15, 0.2) is 42.5 Å². The monoisotopic (exact) mass is 350 g/mol. The number of nitrogens with one attached hydrogen (secondary N) is 2. The van der Waals surface area contributed by atoms with E-state index in [1.807, 2.05) is 0 Å². The molecule has 0 spiro atoms. The van der Waals surface area contributed by atoms with Gasteiger partial charge in [-0.25, -0.2) is 12.8 Å². The Bertz CT molecular complexity index is 851. The van der Waals surface area contributed by atoms with E-state index in [0.29, 0.717) is 23.4 Å². The Hall–Kier alpha value is -2.41. The van der Waals surface area contributed by atoms with Gasteiger partial charge in [0.15, 0.2) is 0 Å². The number of hydrogen-bond acceptors (Lipinski definition) is 3. The third-order valence-electron chi connectivity index (χ3n) is 3.44. The molecule has 2 aromatic rings. The van der Waals surface area contributed by atoms with Crippen molar-refractivity contribution < 1.29 is 17.6 Å². The second-order valence-corrected chi connectivity index (χ2v) is 7.17. The molecule has 1 amide bonds. The van der Waals surface area contributed by atoms with Gasteiger partial charge < -0.3 is 5.32 Å². The van der Waals surface area contributed by atoms with Gasteiger partial charge in [-0.2, -0.15) is 0 Å². The molecule has 2 aromatic carbocycles. The molecule has 7 heteroatoms. The minimum absolute atomic E-state index is 0.0122. The summed E-state index contributed by atoms with van der Waals surface area (Å²) in [5, 5.41) is 2.61. The maximum atomic E-state index is 13.7. The molecule has 0 saturated heterocycles. The van der Waals surface area contributed by atoms with Gasteiger partial charge in [0.05, 0.1) is 17.0 Å². The molecule has 2 N–H and O–H groups in total. The molecule has 0 heterocycles. The molecule has 0 aliphatic rings. The molecule has 0 aliphatic carbocycles. The number of anilines is 2. The van der Waals surface area contributed by atoms with Gasteiger partial charge in [0.25, 0.3) is 5.91 Å². The minimum Gasteiger partial charge on any atom is -0.322 e. The maximum absolute atomic E-state index is 13.7. The number of amides is 1. The molecule has 24 heavy (non-hydrogen) atoms. The van der Waals surface area contributed by atoms with Crippen LogP contribution in [0.25, 0.3) is 0 Å². The lowest BCUT2D eigenvalue weighted by Crippen LogP contribution is -2.18. The van der Waals surface area contributed by atoms with Crippen LogP contribution < -0.4 is 10.0 Å². The first kappa shape index (κ1) is 17.9. The average Bonchev–Trinajstić information content (AvgIpc) is 2.51. The lowest BCUT2D eigenvalue weighted by Gasteiger charge is -2.14. The lowest BCUT2D eigenvalue weighted by molar-refractivity contribution is 0.102. The summed E-state index contributed by atoms with van der Waals surface area (Å²) in [5.74, 6) is -1.20. The van der Waals surface area contributed by atoms with Gasteiger partial charge >= 0.3 is 0 Å². The van der Waals surface area contributed by atoms with Crippen molar-refractivity contribution in [3.8, 4) is 0 Å². The van der Waals surface area contributed by atoms with Gasteiger partial charge in [0.1, 0.15) is 5.82 Å². The van der Waals surface area contributed by atoms with E-state index in [2.05, 4.69) is 10.0 Å². The summed E-state index contributed by atoms with van der Waals surface area (Å²) in [6, 6.07) is 10.5.